The lowest BCUT2D eigenvalue weighted by atomic mass is 9.93. The van der Waals surface area contributed by atoms with Crippen molar-refractivity contribution < 1.29 is 0 Å². The number of thiophene rings is 2. The smallest absolute Gasteiger partial charge is 0.0934 e. The van der Waals surface area contributed by atoms with Gasteiger partial charge in [0.1, 0.15) is 0 Å². The van der Waals surface area contributed by atoms with Crippen LogP contribution in [-0.4, -0.2) is 0 Å². The molecule has 2 aromatic rings. The summed E-state index contributed by atoms with van der Waals surface area (Å²) in [5.74, 6) is 0. The molecule has 0 amide bonds. The second-order valence-electron chi connectivity index (χ2n) is 4.82. The Morgan fingerprint density at radius 2 is 2.39 bits per heavy atom. The van der Waals surface area contributed by atoms with Crippen molar-refractivity contribution in [3.05, 3.63) is 43.2 Å². The molecule has 0 fully saturated rings. The van der Waals surface area contributed by atoms with Gasteiger partial charge in [0, 0.05) is 17.0 Å². The molecule has 1 aliphatic carbocycles. The fourth-order valence-electron chi connectivity index (χ4n) is 2.61. The van der Waals surface area contributed by atoms with Gasteiger partial charge in [-0.1, -0.05) is 11.6 Å². The fraction of sp³-hybridized carbons (Fsp3) is 0.429. The van der Waals surface area contributed by atoms with Crippen LogP contribution in [0.3, 0.4) is 0 Å². The highest BCUT2D eigenvalue weighted by atomic mass is 35.5. The second-order valence-corrected chi connectivity index (χ2v) is 7.37. The Balaban J connectivity index is 1.78. The van der Waals surface area contributed by atoms with Crippen LogP contribution >= 0.6 is 34.3 Å². The van der Waals surface area contributed by atoms with E-state index in [-0.39, 0.29) is 0 Å². The van der Waals surface area contributed by atoms with Crippen LogP contribution in [0.5, 0.6) is 0 Å². The molecule has 2 heterocycles. The maximum absolute atomic E-state index is 6.14. The van der Waals surface area contributed by atoms with Crippen molar-refractivity contribution in [2.24, 2.45) is 0 Å². The summed E-state index contributed by atoms with van der Waals surface area (Å²) >= 11 is 9.65. The van der Waals surface area contributed by atoms with Crippen molar-refractivity contribution in [1.29, 1.82) is 0 Å². The molecule has 0 aliphatic heterocycles. The number of halogens is 1. The molecule has 2 unspecified atom stereocenters. The monoisotopic (exact) mass is 297 g/mol. The molecule has 0 bridgehead atoms. The van der Waals surface area contributed by atoms with Crippen LogP contribution < -0.4 is 5.32 Å². The highest BCUT2D eigenvalue weighted by Crippen LogP contribution is 2.38. The molecular weight excluding hydrogens is 282 g/mol. The maximum Gasteiger partial charge on any atom is 0.0934 e. The number of rotatable bonds is 3. The Morgan fingerprint density at radius 3 is 3.17 bits per heavy atom. The van der Waals surface area contributed by atoms with Crippen molar-refractivity contribution in [2.75, 3.05) is 0 Å². The molecule has 2 atom stereocenters. The summed E-state index contributed by atoms with van der Waals surface area (Å²) in [6, 6.07) is 5.23. The van der Waals surface area contributed by atoms with E-state index in [2.05, 4.69) is 35.1 Å². The summed E-state index contributed by atoms with van der Waals surface area (Å²) in [7, 11) is 0. The van der Waals surface area contributed by atoms with Crippen molar-refractivity contribution in [3.8, 4) is 0 Å². The van der Waals surface area contributed by atoms with Gasteiger partial charge in [-0.15, -0.1) is 11.3 Å². The topological polar surface area (TPSA) is 12.0 Å². The van der Waals surface area contributed by atoms with Crippen LogP contribution in [0.1, 0.15) is 47.9 Å². The molecule has 1 aliphatic rings. The van der Waals surface area contributed by atoms with E-state index in [0.717, 1.165) is 4.34 Å². The molecule has 0 radical (unpaired) electrons. The molecule has 2 aromatic heterocycles. The van der Waals surface area contributed by atoms with Gasteiger partial charge in [0.2, 0.25) is 0 Å². The van der Waals surface area contributed by atoms with Gasteiger partial charge in [-0.2, -0.15) is 11.3 Å². The molecule has 1 N–H and O–H groups in total. The van der Waals surface area contributed by atoms with Gasteiger partial charge < -0.3 is 5.32 Å². The molecule has 0 saturated heterocycles. The van der Waals surface area contributed by atoms with Crippen molar-refractivity contribution in [1.82, 2.24) is 5.32 Å². The minimum Gasteiger partial charge on any atom is -0.303 e. The van der Waals surface area contributed by atoms with Gasteiger partial charge in [0.05, 0.1) is 4.34 Å². The van der Waals surface area contributed by atoms with Gasteiger partial charge in [-0.25, -0.2) is 0 Å². The Bertz CT molecular complexity index is 518. The van der Waals surface area contributed by atoms with E-state index in [9.17, 15) is 0 Å². The minimum absolute atomic E-state index is 0.408. The molecule has 0 spiro atoms. The first-order valence-corrected chi connectivity index (χ1v) is 8.44. The van der Waals surface area contributed by atoms with Crippen molar-refractivity contribution in [3.63, 3.8) is 0 Å². The summed E-state index contributed by atoms with van der Waals surface area (Å²) < 4.78 is 0.928. The summed E-state index contributed by atoms with van der Waals surface area (Å²) in [5, 5.41) is 8.11. The summed E-state index contributed by atoms with van der Waals surface area (Å²) in [4.78, 5) is 1.47. The number of fused-ring (bicyclic) bond motifs is 1. The van der Waals surface area contributed by atoms with Crippen molar-refractivity contribution in [2.45, 2.75) is 38.3 Å². The lowest BCUT2D eigenvalue weighted by molar-refractivity contribution is 0.419. The number of hydrogen-bond acceptors (Lipinski definition) is 3. The van der Waals surface area contributed by atoms with Crippen LogP contribution in [-0.2, 0) is 6.42 Å². The Hall–Kier alpha value is -0.350. The van der Waals surface area contributed by atoms with E-state index >= 15 is 0 Å². The Labute approximate surface area is 121 Å². The lowest BCUT2D eigenvalue weighted by Gasteiger charge is -2.27. The number of nitrogens with one attached hydrogen (secondary N) is 1. The van der Waals surface area contributed by atoms with Crippen LogP contribution in [0, 0.1) is 0 Å². The normalized spacial score (nSPS) is 20.7. The fourth-order valence-corrected chi connectivity index (χ4v) is 4.75. The third kappa shape index (κ3) is 2.50. The zero-order valence-electron chi connectivity index (χ0n) is 10.3. The number of hydrogen-bond donors (Lipinski definition) is 1. The van der Waals surface area contributed by atoms with E-state index in [4.69, 9.17) is 11.6 Å². The van der Waals surface area contributed by atoms with Gasteiger partial charge in [-0.05, 0) is 60.2 Å². The van der Waals surface area contributed by atoms with Gasteiger partial charge in [0.25, 0.3) is 0 Å². The summed E-state index contributed by atoms with van der Waals surface area (Å²) in [6.07, 6.45) is 3.67. The van der Waals surface area contributed by atoms with Crippen LogP contribution in [0.4, 0.5) is 0 Å². The molecule has 4 heteroatoms. The Morgan fingerprint density at radius 1 is 1.50 bits per heavy atom. The minimum atomic E-state index is 0.408. The molecule has 0 saturated carbocycles. The average Bonchev–Trinajstić information content (AvgIpc) is 2.96. The summed E-state index contributed by atoms with van der Waals surface area (Å²) in [6.45, 7) is 2.24. The first kappa shape index (κ1) is 12.7. The standard InChI is InChI=1S/C14H16ClNS2/c1-9(10-5-6-17-8-10)16-12-3-2-4-13-11(12)7-14(15)18-13/h5-9,12,16H,2-4H2,1H3. The van der Waals surface area contributed by atoms with Crippen LogP contribution in [0.2, 0.25) is 4.34 Å². The molecule has 1 nitrogen and oxygen atoms in total. The van der Waals surface area contributed by atoms with E-state index in [1.54, 1.807) is 22.7 Å². The largest absolute Gasteiger partial charge is 0.303 e. The highest BCUT2D eigenvalue weighted by Gasteiger charge is 2.24. The first-order valence-electron chi connectivity index (χ1n) is 6.30. The van der Waals surface area contributed by atoms with Gasteiger partial charge >= 0.3 is 0 Å². The molecule has 96 valence electrons. The van der Waals surface area contributed by atoms with E-state index in [0.29, 0.717) is 12.1 Å². The average molecular weight is 298 g/mol. The molecule has 3 rings (SSSR count). The Kier molecular flexibility index (Phi) is 3.76. The predicted octanol–water partition coefficient (Wildman–Crippen LogP) is 5.19. The quantitative estimate of drug-likeness (QED) is 0.822. The zero-order valence-corrected chi connectivity index (χ0v) is 12.7. The van der Waals surface area contributed by atoms with Crippen LogP contribution in [0.15, 0.2) is 22.9 Å². The molecule has 0 aromatic carbocycles. The van der Waals surface area contributed by atoms with Gasteiger partial charge in [0.15, 0.2) is 0 Å². The number of aryl methyl sites for hydroxylation is 1. The van der Waals surface area contributed by atoms with Crippen molar-refractivity contribution >= 4 is 34.3 Å². The third-order valence-electron chi connectivity index (χ3n) is 3.58. The second kappa shape index (κ2) is 5.33. The summed E-state index contributed by atoms with van der Waals surface area (Å²) in [5.41, 5.74) is 2.81. The molecule has 18 heavy (non-hydrogen) atoms. The molecular formula is C14H16ClNS2. The lowest BCUT2D eigenvalue weighted by Crippen LogP contribution is -2.26. The van der Waals surface area contributed by atoms with Gasteiger partial charge in [-0.3, -0.25) is 0 Å². The van der Waals surface area contributed by atoms with E-state index in [1.165, 1.54) is 35.3 Å². The first-order chi connectivity index (χ1) is 8.74. The predicted molar refractivity (Wildman–Crippen MR) is 80.9 cm³/mol. The SMILES string of the molecule is CC(NC1CCCc2sc(Cl)cc21)c1ccsc1. The van der Waals surface area contributed by atoms with E-state index in [1.807, 2.05) is 0 Å². The highest BCUT2D eigenvalue weighted by molar-refractivity contribution is 7.16. The maximum atomic E-state index is 6.14. The van der Waals surface area contributed by atoms with Crippen LogP contribution in [0.25, 0.3) is 0 Å². The zero-order chi connectivity index (χ0) is 12.5. The van der Waals surface area contributed by atoms with E-state index < -0.39 is 0 Å². The third-order valence-corrected chi connectivity index (χ3v) is 5.62.